The van der Waals surface area contributed by atoms with E-state index in [-0.39, 0.29) is 17.5 Å². The van der Waals surface area contributed by atoms with Crippen molar-refractivity contribution in [3.05, 3.63) is 23.8 Å². The fraction of sp³-hybridized carbons (Fsp3) is 0.462. The molecule has 0 amide bonds. The van der Waals surface area contributed by atoms with E-state index in [4.69, 9.17) is 10.00 Å². The zero-order valence-electron chi connectivity index (χ0n) is 11.0. The minimum Gasteiger partial charge on any atom is -0.497 e. The van der Waals surface area contributed by atoms with Crippen molar-refractivity contribution >= 4 is 15.5 Å². The smallest absolute Gasteiger partial charge is 0.154 e. The molecule has 1 aliphatic rings. The molecular formula is C13H16N2O3S. The first-order valence-corrected chi connectivity index (χ1v) is 7.84. The van der Waals surface area contributed by atoms with Crippen LogP contribution in [0.2, 0.25) is 0 Å². The largest absolute Gasteiger partial charge is 0.497 e. The summed E-state index contributed by atoms with van der Waals surface area (Å²) in [5.74, 6) is 0.906. The van der Waals surface area contributed by atoms with Crippen LogP contribution in [0, 0.1) is 11.3 Å². The maximum atomic E-state index is 11.6. The maximum absolute atomic E-state index is 11.6. The van der Waals surface area contributed by atoms with Gasteiger partial charge in [-0.05, 0) is 19.1 Å². The molecule has 1 fully saturated rings. The van der Waals surface area contributed by atoms with Crippen LogP contribution in [0.1, 0.15) is 12.5 Å². The van der Waals surface area contributed by atoms with Gasteiger partial charge in [-0.3, -0.25) is 0 Å². The minimum atomic E-state index is -2.96. The molecule has 0 aromatic heterocycles. The van der Waals surface area contributed by atoms with E-state index in [1.165, 1.54) is 0 Å². The fourth-order valence-corrected chi connectivity index (χ4v) is 3.88. The lowest BCUT2D eigenvalue weighted by molar-refractivity contribution is 0.414. The summed E-state index contributed by atoms with van der Waals surface area (Å²) in [5.41, 5.74) is 1.27. The van der Waals surface area contributed by atoms with Gasteiger partial charge in [0.1, 0.15) is 11.8 Å². The second-order valence-electron chi connectivity index (χ2n) is 4.65. The Bertz CT molecular complexity index is 619. The average Bonchev–Trinajstić information content (AvgIpc) is 2.37. The summed E-state index contributed by atoms with van der Waals surface area (Å²) in [6, 6.07) is 7.21. The van der Waals surface area contributed by atoms with E-state index >= 15 is 0 Å². The lowest BCUT2D eigenvalue weighted by Gasteiger charge is -2.35. The number of rotatable bonds is 2. The fourth-order valence-electron chi connectivity index (χ4n) is 2.33. The molecule has 5 nitrogen and oxygen atoms in total. The van der Waals surface area contributed by atoms with Crippen molar-refractivity contribution in [2.24, 2.45) is 0 Å². The van der Waals surface area contributed by atoms with E-state index in [0.29, 0.717) is 17.9 Å². The van der Waals surface area contributed by atoms with Gasteiger partial charge >= 0.3 is 0 Å². The Morgan fingerprint density at radius 3 is 2.79 bits per heavy atom. The van der Waals surface area contributed by atoms with Crippen LogP contribution >= 0.6 is 0 Å². The van der Waals surface area contributed by atoms with Crippen molar-refractivity contribution < 1.29 is 13.2 Å². The Kier molecular flexibility index (Phi) is 3.67. The summed E-state index contributed by atoms with van der Waals surface area (Å²) in [7, 11) is -1.40. The number of nitriles is 1. The predicted molar refractivity (Wildman–Crippen MR) is 73.2 cm³/mol. The second kappa shape index (κ2) is 5.10. The summed E-state index contributed by atoms with van der Waals surface area (Å²) >= 11 is 0. The van der Waals surface area contributed by atoms with Crippen molar-refractivity contribution in [2.75, 3.05) is 30.1 Å². The van der Waals surface area contributed by atoms with Gasteiger partial charge < -0.3 is 9.64 Å². The van der Waals surface area contributed by atoms with Gasteiger partial charge in [0.25, 0.3) is 0 Å². The number of nitrogens with zero attached hydrogens (tertiary/aromatic N) is 2. The van der Waals surface area contributed by atoms with Crippen LogP contribution in [0.15, 0.2) is 18.2 Å². The van der Waals surface area contributed by atoms with E-state index in [9.17, 15) is 8.42 Å². The Labute approximate surface area is 113 Å². The zero-order chi connectivity index (χ0) is 14.0. The van der Waals surface area contributed by atoms with Gasteiger partial charge in [0.05, 0.1) is 29.9 Å². The number of methoxy groups -OCH3 is 1. The molecule has 1 saturated heterocycles. The monoisotopic (exact) mass is 280 g/mol. The number of hydrogen-bond donors (Lipinski definition) is 0. The molecule has 0 spiro atoms. The van der Waals surface area contributed by atoms with Gasteiger partial charge in [0, 0.05) is 18.7 Å². The molecule has 2 rings (SSSR count). The first kappa shape index (κ1) is 13.7. The predicted octanol–water partition coefficient (Wildman–Crippen LogP) is 1.19. The molecule has 1 atom stereocenters. The summed E-state index contributed by atoms with van der Waals surface area (Å²) < 4.78 is 28.4. The molecule has 0 N–H and O–H groups in total. The summed E-state index contributed by atoms with van der Waals surface area (Å²) in [5, 5.41) is 9.17. The number of sulfone groups is 1. The van der Waals surface area contributed by atoms with Crippen LogP contribution in [-0.4, -0.2) is 39.6 Å². The molecule has 1 unspecified atom stereocenters. The van der Waals surface area contributed by atoms with Crippen LogP contribution in [0.5, 0.6) is 5.75 Å². The summed E-state index contributed by atoms with van der Waals surface area (Å²) in [4.78, 5) is 1.96. The topological polar surface area (TPSA) is 70.4 Å². The van der Waals surface area contributed by atoms with Gasteiger partial charge in [-0.1, -0.05) is 0 Å². The third-order valence-corrected chi connectivity index (χ3v) is 5.10. The maximum Gasteiger partial charge on any atom is 0.154 e. The van der Waals surface area contributed by atoms with Crippen molar-refractivity contribution in [1.82, 2.24) is 0 Å². The normalized spacial score (nSPS) is 21.7. The lowest BCUT2D eigenvalue weighted by atomic mass is 10.1. The number of benzene rings is 1. The van der Waals surface area contributed by atoms with E-state index in [1.54, 1.807) is 25.3 Å². The summed E-state index contributed by atoms with van der Waals surface area (Å²) in [6.45, 7) is 2.27. The molecule has 1 aliphatic heterocycles. The third kappa shape index (κ3) is 2.82. The van der Waals surface area contributed by atoms with Crippen LogP contribution in [0.4, 0.5) is 5.69 Å². The van der Waals surface area contributed by atoms with Crippen LogP contribution in [0.25, 0.3) is 0 Å². The van der Waals surface area contributed by atoms with Gasteiger partial charge in [-0.15, -0.1) is 0 Å². The third-order valence-electron chi connectivity index (χ3n) is 3.31. The van der Waals surface area contributed by atoms with Crippen molar-refractivity contribution in [2.45, 2.75) is 13.0 Å². The highest BCUT2D eigenvalue weighted by Gasteiger charge is 2.29. The molecule has 0 aliphatic carbocycles. The second-order valence-corrected chi connectivity index (χ2v) is 6.88. The molecule has 0 saturated carbocycles. The molecule has 0 bridgehead atoms. The molecule has 19 heavy (non-hydrogen) atoms. The quantitative estimate of drug-likeness (QED) is 0.814. The van der Waals surface area contributed by atoms with Crippen LogP contribution < -0.4 is 9.64 Å². The van der Waals surface area contributed by atoms with Gasteiger partial charge in [-0.2, -0.15) is 5.26 Å². The van der Waals surface area contributed by atoms with Crippen molar-refractivity contribution in [3.8, 4) is 11.8 Å². The van der Waals surface area contributed by atoms with Crippen LogP contribution in [-0.2, 0) is 9.84 Å². The molecule has 1 aromatic carbocycles. The molecule has 102 valence electrons. The van der Waals surface area contributed by atoms with E-state index in [0.717, 1.165) is 5.69 Å². The van der Waals surface area contributed by atoms with Gasteiger partial charge in [0.2, 0.25) is 0 Å². The SMILES string of the molecule is COc1ccc(C#N)c(N2CCS(=O)(=O)CC2C)c1. The highest BCUT2D eigenvalue weighted by molar-refractivity contribution is 7.91. The van der Waals surface area contributed by atoms with Gasteiger partial charge in [-0.25, -0.2) is 8.42 Å². The standard InChI is InChI=1S/C13H16N2O3S/c1-10-9-19(16,17)6-5-15(10)13-7-12(18-2)4-3-11(13)8-14/h3-4,7,10H,5-6,9H2,1-2H3. The molecular weight excluding hydrogens is 264 g/mol. The number of ether oxygens (including phenoxy) is 1. The Hall–Kier alpha value is -1.74. The molecule has 1 aromatic rings. The average molecular weight is 280 g/mol. The van der Waals surface area contributed by atoms with Crippen LogP contribution in [0.3, 0.4) is 0 Å². The summed E-state index contributed by atoms with van der Waals surface area (Å²) in [6.07, 6.45) is 0. The Morgan fingerprint density at radius 2 is 2.21 bits per heavy atom. The molecule has 0 radical (unpaired) electrons. The zero-order valence-corrected chi connectivity index (χ0v) is 11.8. The highest BCUT2D eigenvalue weighted by atomic mass is 32.2. The number of hydrogen-bond acceptors (Lipinski definition) is 5. The number of anilines is 1. The molecule has 6 heteroatoms. The van der Waals surface area contributed by atoms with E-state index in [1.807, 2.05) is 11.8 Å². The van der Waals surface area contributed by atoms with E-state index in [2.05, 4.69) is 6.07 Å². The first-order chi connectivity index (χ1) is 8.96. The van der Waals surface area contributed by atoms with Crippen molar-refractivity contribution in [3.63, 3.8) is 0 Å². The van der Waals surface area contributed by atoms with Gasteiger partial charge in [0.15, 0.2) is 9.84 Å². The van der Waals surface area contributed by atoms with E-state index < -0.39 is 9.84 Å². The minimum absolute atomic E-state index is 0.120. The van der Waals surface area contributed by atoms with Crippen molar-refractivity contribution in [1.29, 1.82) is 5.26 Å². The highest BCUT2D eigenvalue weighted by Crippen LogP contribution is 2.29. The lowest BCUT2D eigenvalue weighted by Crippen LogP contribution is -2.47. The first-order valence-electron chi connectivity index (χ1n) is 6.02. The Balaban J connectivity index is 2.39. The molecule has 1 heterocycles. The Morgan fingerprint density at radius 1 is 1.47 bits per heavy atom.